The van der Waals surface area contributed by atoms with Crippen molar-refractivity contribution in [3.05, 3.63) is 0 Å². The van der Waals surface area contributed by atoms with E-state index in [1.165, 1.54) is 0 Å². The predicted molar refractivity (Wildman–Crippen MR) is 43.4 cm³/mol. The van der Waals surface area contributed by atoms with Gasteiger partial charge in [0.05, 0.1) is 12.2 Å². The molecule has 1 saturated carbocycles. The first-order valence-electron chi connectivity index (χ1n) is 4.25. The number of carbonyl (C=O) groups is 1. The summed E-state index contributed by atoms with van der Waals surface area (Å²) in [7, 11) is 0. The van der Waals surface area contributed by atoms with E-state index in [9.17, 15) is 4.79 Å². The minimum atomic E-state index is 0.291. The number of Topliss-reactive ketones (excluding diaryl/α,β-unsaturated/α-hetero) is 1. The van der Waals surface area contributed by atoms with Gasteiger partial charge in [0.15, 0.2) is 0 Å². The summed E-state index contributed by atoms with van der Waals surface area (Å²) in [5.74, 6) is 0.604. The molecule has 1 fully saturated rings. The van der Waals surface area contributed by atoms with Crippen LogP contribution < -0.4 is 0 Å². The van der Waals surface area contributed by atoms with Crippen LogP contribution in [0.15, 0.2) is 0 Å². The summed E-state index contributed by atoms with van der Waals surface area (Å²) < 4.78 is 5.51. The second-order valence-corrected chi connectivity index (χ2v) is 3.59. The van der Waals surface area contributed by atoms with Crippen LogP contribution in [0.4, 0.5) is 0 Å². The first-order chi connectivity index (χ1) is 5.09. The van der Waals surface area contributed by atoms with Crippen molar-refractivity contribution in [2.75, 3.05) is 0 Å². The summed E-state index contributed by atoms with van der Waals surface area (Å²) in [5, 5.41) is 0. The van der Waals surface area contributed by atoms with Crippen LogP contribution >= 0.6 is 0 Å². The van der Waals surface area contributed by atoms with Crippen LogP contribution in [0.1, 0.15) is 33.6 Å². The van der Waals surface area contributed by atoms with Gasteiger partial charge in [-0.25, -0.2) is 0 Å². The molecule has 0 heterocycles. The Morgan fingerprint density at radius 3 is 2.36 bits per heavy atom. The zero-order chi connectivity index (χ0) is 8.43. The minimum Gasteiger partial charge on any atom is -0.376 e. The molecule has 64 valence electrons. The van der Waals surface area contributed by atoms with Crippen molar-refractivity contribution in [2.45, 2.75) is 45.8 Å². The molecule has 0 aromatic carbocycles. The molecular weight excluding hydrogens is 140 g/mol. The lowest BCUT2D eigenvalue weighted by Gasteiger charge is -2.34. The Hall–Kier alpha value is -0.370. The van der Waals surface area contributed by atoms with E-state index in [-0.39, 0.29) is 0 Å². The number of rotatable bonds is 3. The molecule has 0 spiro atoms. The quantitative estimate of drug-likeness (QED) is 0.622. The molecule has 0 aliphatic heterocycles. The Balaban J connectivity index is 2.14. The molecule has 1 aliphatic rings. The third-order valence-electron chi connectivity index (χ3n) is 2.13. The molecule has 1 aliphatic carbocycles. The van der Waals surface area contributed by atoms with Gasteiger partial charge in [-0.15, -0.1) is 0 Å². The molecule has 0 radical (unpaired) electrons. The average molecular weight is 156 g/mol. The van der Waals surface area contributed by atoms with Crippen molar-refractivity contribution in [3.8, 4) is 0 Å². The van der Waals surface area contributed by atoms with E-state index in [0.717, 1.165) is 12.8 Å². The Labute approximate surface area is 67.9 Å². The van der Waals surface area contributed by atoms with Crippen LogP contribution in [0.3, 0.4) is 0 Å². The van der Waals surface area contributed by atoms with Crippen LogP contribution in [0.2, 0.25) is 0 Å². The SMILES string of the molecule is CC(=O)C1CC(OC(C)C)C1. The summed E-state index contributed by atoms with van der Waals surface area (Å²) in [6.07, 6.45) is 2.53. The van der Waals surface area contributed by atoms with Gasteiger partial charge >= 0.3 is 0 Å². The van der Waals surface area contributed by atoms with Crippen LogP contribution in [0, 0.1) is 5.92 Å². The maximum absolute atomic E-state index is 10.8. The highest BCUT2D eigenvalue weighted by molar-refractivity contribution is 5.79. The van der Waals surface area contributed by atoms with E-state index < -0.39 is 0 Å². The number of ether oxygens (including phenoxy) is 1. The maximum atomic E-state index is 10.8. The fourth-order valence-electron chi connectivity index (χ4n) is 1.39. The summed E-state index contributed by atoms with van der Waals surface area (Å²) in [6, 6.07) is 0. The number of carbonyl (C=O) groups excluding carboxylic acids is 1. The zero-order valence-electron chi connectivity index (χ0n) is 7.46. The lowest BCUT2D eigenvalue weighted by atomic mass is 9.80. The van der Waals surface area contributed by atoms with E-state index in [1.807, 2.05) is 13.8 Å². The first kappa shape index (κ1) is 8.72. The number of ketones is 1. The van der Waals surface area contributed by atoms with Gasteiger partial charge in [0.2, 0.25) is 0 Å². The molecule has 0 saturated heterocycles. The van der Waals surface area contributed by atoms with Crippen LogP contribution in [0.5, 0.6) is 0 Å². The van der Waals surface area contributed by atoms with Gasteiger partial charge in [0.1, 0.15) is 5.78 Å². The van der Waals surface area contributed by atoms with Gasteiger partial charge in [-0.1, -0.05) is 0 Å². The highest BCUT2D eigenvalue weighted by Gasteiger charge is 2.33. The monoisotopic (exact) mass is 156 g/mol. The minimum absolute atomic E-state index is 0.291. The van der Waals surface area contributed by atoms with E-state index in [1.54, 1.807) is 6.92 Å². The Bertz CT molecular complexity index is 146. The topological polar surface area (TPSA) is 26.3 Å². The Morgan fingerprint density at radius 2 is 2.00 bits per heavy atom. The largest absolute Gasteiger partial charge is 0.376 e. The van der Waals surface area contributed by atoms with Crippen molar-refractivity contribution < 1.29 is 9.53 Å². The predicted octanol–water partition coefficient (Wildman–Crippen LogP) is 1.78. The molecular formula is C9H16O2. The third kappa shape index (κ3) is 2.29. The molecule has 0 amide bonds. The molecule has 0 bridgehead atoms. The first-order valence-corrected chi connectivity index (χ1v) is 4.25. The molecule has 2 heteroatoms. The van der Waals surface area contributed by atoms with Gasteiger partial charge < -0.3 is 4.74 Å². The van der Waals surface area contributed by atoms with Crippen molar-refractivity contribution in [2.24, 2.45) is 5.92 Å². The van der Waals surface area contributed by atoms with E-state index in [4.69, 9.17) is 4.74 Å². The normalized spacial score (nSPS) is 30.2. The zero-order valence-corrected chi connectivity index (χ0v) is 7.46. The van der Waals surface area contributed by atoms with Gasteiger partial charge in [-0.2, -0.15) is 0 Å². The summed E-state index contributed by atoms with van der Waals surface area (Å²) >= 11 is 0. The van der Waals surface area contributed by atoms with Gasteiger partial charge in [0, 0.05) is 5.92 Å². The van der Waals surface area contributed by atoms with Crippen LogP contribution in [0.25, 0.3) is 0 Å². The van der Waals surface area contributed by atoms with Crippen LogP contribution in [-0.4, -0.2) is 18.0 Å². The fourth-order valence-corrected chi connectivity index (χ4v) is 1.39. The van der Waals surface area contributed by atoms with Crippen LogP contribution in [-0.2, 0) is 9.53 Å². The molecule has 0 unspecified atom stereocenters. The highest BCUT2D eigenvalue weighted by atomic mass is 16.5. The number of hydrogen-bond acceptors (Lipinski definition) is 2. The number of hydrogen-bond donors (Lipinski definition) is 0. The van der Waals surface area contributed by atoms with Gasteiger partial charge in [-0.3, -0.25) is 4.79 Å². The Kier molecular flexibility index (Phi) is 2.66. The smallest absolute Gasteiger partial charge is 0.133 e. The summed E-state index contributed by atoms with van der Waals surface area (Å²) in [6.45, 7) is 5.72. The molecule has 0 atom stereocenters. The average Bonchev–Trinajstić information content (AvgIpc) is 1.75. The Morgan fingerprint density at radius 1 is 1.45 bits per heavy atom. The van der Waals surface area contributed by atoms with Gasteiger partial charge in [0.25, 0.3) is 0 Å². The third-order valence-corrected chi connectivity index (χ3v) is 2.13. The van der Waals surface area contributed by atoms with E-state index >= 15 is 0 Å². The molecule has 1 rings (SSSR count). The lowest BCUT2D eigenvalue weighted by Crippen LogP contribution is -2.36. The summed E-state index contributed by atoms with van der Waals surface area (Å²) in [4.78, 5) is 10.8. The molecule has 0 aromatic heterocycles. The maximum Gasteiger partial charge on any atom is 0.133 e. The molecule has 2 nitrogen and oxygen atoms in total. The molecule has 11 heavy (non-hydrogen) atoms. The van der Waals surface area contributed by atoms with Crippen molar-refractivity contribution >= 4 is 5.78 Å². The van der Waals surface area contributed by atoms with Crippen molar-refractivity contribution in [1.29, 1.82) is 0 Å². The summed E-state index contributed by atoms with van der Waals surface area (Å²) in [5.41, 5.74) is 0. The second kappa shape index (κ2) is 3.35. The highest BCUT2D eigenvalue weighted by Crippen LogP contribution is 2.31. The fraction of sp³-hybridized carbons (Fsp3) is 0.889. The van der Waals surface area contributed by atoms with E-state index in [0.29, 0.717) is 23.9 Å². The standard InChI is InChI=1S/C9H16O2/c1-6(2)11-9-4-8(5-9)7(3)10/h6,8-9H,4-5H2,1-3H3. The van der Waals surface area contributed by atoms with E-state index in [2.05, 4.69) is 0 Å². The van der Waals surface area contributed by atoms with Crippen molar-refractivity contribution in [3.63, 3.8) is 0 Å². The van der Waals surface area contributed by atoms with Crippen molar-refractivity contribution in [1.82, 2.24) is 0 Å². The van der Waals surface area contributed by atoms with Gasteiger partial charge in [-0.05, 0) is 33.6 Å². The molecule has 0 N–H and O–H groups in total. The molecule has 0 aromatic rings. The second-order valence-electron chi connectivity index (χ2n) is 3.59. The lowest BCUT2D eigenvalue weighted by molar-refractivity contribution is -0.131.